The van der Waals surface area contributed by atoms with E-state index >= 15 is 0 Å². The van der Waals surface area contributed by atoms with Crippen LogP contribution in [0.15, 0.2) is 55.0 Å². The Morgan fingerprint density at radius 3 is 2.63 bits per heavy atom. The SMILES string of the molecule is CCN(C)c1nc(-c2ccc(F)cc2)ncc1C(=O)NCc1cccnc1. The van der Waals surface area contributed by atoms with Gasteiger partial charge >= 0.3 is 0 Å². The molecule has 0 atom stereocenters. The molecule has 0 radical (unpaired) electrons. The average molecular weight is 365 g/mol. The molecular weight excluding hydrogens is 345 g/mol. The van der Waals surface area contributed by atoms with Crippen LogP contribution >= 0.6 is 0 Å². The lowest BCUT2D eigenvalue weighted by atomic mass is 10.2. The summed E-state index contributed by atoms with van der Waals surface area (Å²) in [5.74, 6) is 0.375. The maximum Gasteiger partial charge on any atom is 0.256 e. The summed E-state index contributed by atoms with van der Waals surface area (Å²) in [4.78, 5) is 27.4. The largest absolute Gasteiger partial charge is 0.359 e. The molecule has 1 aromatic carbocycles. The zero-order chi connectivity index (χ0) is 19.2. The van der Waals surface area contributed by atoms with Gasteiger partial charge in [-0.2, -0.15) is 0 Å². The smallest absolute Gasteiger partial charge is 0.256 e. The highest BCUT2D eigenvalue weighted by molar-refractivity contribution is 5.98. The molecule has 7 heteroatoms. The summed E-state index contributed by atoms with van der Waals surface area (Å²) in [6.07, 6.45) is 4.89. The van der Waals surface area contributed by atoms with E-state index < -0.39 is 0 Å². The van der Waals surface area contributed by atoms with Gasteiger partial charge in [0.2, 0.25) is 0 Å². The van der Waals surface area contributed by atoms with Crippen LogP contribution in [0.4, 0.5) is 10.2 Å². The Kier molecular flexibility index (Phi) is 5.71. The van der Waals surface area contributed by atoms with Crippen LogP contribution in [0.5, 0.6) is 0 Å². The molecule has 1 amide bonds. The summed E-state index contributed by atoms with van der Waals surface area (Å²) < 4.78 is 13.2. The molecule has 0 saturated heterocycles. The highest BCUT2D eigenvalue weighted by Gasteiger charge is 2.18. The summed E-state index contributed by atoms with van der Waals surface area (Å²) in [6, 6.07) is 9.65. The molecule has 0 aliphatic heterocycles. The zero-order valence-corrected chi connectivity index (χ0v) is 15.2. The van der Waals surface area contributed by atoms with Crippen molar-refractivity contribution in [3.8, 4) is 11.4 Å². The molecule has 0 aliphatic rings. The second kappa shape index (κ2) is 8.35. The highest BCUT2D eigenvalue weighted by Crippen LogP contribution is 2.22. The molecule has 27 heavy (non-hydrogen) atoms. The molecule has 138 valence electrons. The van der Waals surface area contributed by atoms with Gasteiger partial charge in [-0.15, -0.1) is 0 Å². The van der Waals surface area contributed by atoms with E-state index in [9.17, 15) is 9.18 Å². The quantitative estimate of drug-likeness (QED) is 0.727. The van der Waals surface area contributed by atoms with Crippen LogP contribution in [0, 0.1) is 5.82 Å². The Morgan fingerprint density at radius 2 is 1.96 bits per heavy atom. The van der Waals surface area contributed by atoms with Gasteiger partial charge in [-0.05, 0) is 42.8 Å². The van der Waals surface area contributed by atoms with E-state index in [0.717, 1.165) is 5.56 Å². The molecule has 3 rings (SSSR count). The van der Waals surface area contributed by atoms with Crippen LogP contribution in [-0.4, -0.2) is 34.5 Å². The number of carbonyl (C=O) groups is 1. The van der Waals surface area contributed by atoms with Gasteiger partial charge in [-0.1, -0.05) is 6.07 Å². The van der Waals surface area contributed by atoms with Gasteiger partial charge in [0.05, 0.1) is 0 Å². The predicted octanol–water partition coefficient (Wildman–Crippen LogP) is 3.06. The lowest BCUT2D eigenvalue weighted by Crippen LogP contribution is -2.28. The number of halogens is 1. The van der Waals surface area contributed by atoms with Gasteiger partial charge in [-0.3, -0.25) is 9.78 Å². The number of rotatable bonds is 6. The number of hydrogen-bond acceptors (Lipinski definition) is 5. The fourth-order valence-electron chi connectivity index (χ4n) is 2.49. The minimum absolute atomic E-state index is 0.264. The number of benzene rings is 1. The van der Waals surface area contributed by atoms with Crippen LogP contribution in [0.25, 0.3) is 11.4 Å². The zero-order valence-electron chi connectivity index (χ0n) is 15.2. The van der Waals surface area contributed by atoms with E-state index in [2.05, 4.69) is 20.3 Å². The minimum atomic E-state index is -0.323. The number of nitrogens with zero attached hydrogens (tertiary/aromatic N) is 4. The van der Waals surface area contributed by atoms with Crippen LogP contribution in [0.2, 0.25) is 0 Å². The van der Waals surface area contributed by atoms with Crippen LogP contribution < -0.4 is 10.2 Å². The van der Waals surface area contributed by atoms with Gasteiger partial charge in [0.15, 0.2) is 5.82 Å². The van der Waals surface area contributed by atoms with Gasteiger partial charge < -0.3 is 10.2 Å². The Labute approximate surface area is 157 Å². The molecule has 0 fully saturated rings. The first-order valence-electron chi connectivity index (χ1n) is 8.59. The fraction of sp³-hybridized carbons (Fsp3) is 0.200. The number of carbonyl (C=O) groups excluding carboxylic acids is 1. The van der Waals surface area contributed by atoms with Gasteiger partial charge in [0, 0.05) is 44.3 Å². The average Bonchev–Trinajstić information content (AvgIpc) is 2.72. The standard InChI is InChI=1S/C20H20FN5O/c1-3-26(2)19-17(20(27)24-12-14-5-4-10-22-11-14)13-23-18(25-19)15-6-8-16(21)9-7-15/h4-11,13H,3,12H2,1-2H3,(H,24,27). The molecule has 0 unspecified atom stereocenters. The first-order valence-corrected chi connectivity index (χ1v) is 8.59. The maximum atomic E-state index is 13.2. The van der Waals surface area contributed by atoms with Gasteiger partial charge in [0.1, 0.15) is 17.2 Å². The molecule has 0 bridgehead atoms. The van der Waals surface area contributed by atoms with Crippen molar-refractivity contribution in [2.24, 2.45) is 0 Å². The molecule has 6 nitrogen and oxygen atoms in total. The van der Waals surface area contributed by atoms with Crippen molar-refractivity contribution in [2.75, 3.05) is 18.5 Å². The highest BCUT2D eigenvalue weighted by atomic mass is 19.1. The van der Waals surface area contributed by atoms with Crippen molar-refractivity contribution in [1.29, 1.82) is 0 Å². The number of pyridine rings is 1. The second-order valence-corrected chi connectivity index (χ2v) is 6.00. The molecule has 2 heterocycles. The van der Waals surface area contributed by atoms with Crippen molar-refractivity contribution in [2.45, 2.75) is 13.5 Å². The van der Waals surface area contributed by atoms with Gasteiger partial charge in [-0.25, -0.2) is 14.4 Å². The normalized spacial score (nSPS) is 10.5. The molecule has 2 aromatic heterocycles. The molecule has 0 saturated carbocycles. The van der Waals surface area contributed by atoms with Crippen LogP contribution in [0.3, 0.4) is 0 Å². The molecular formula is C20H20FN5O. The van der Waals surface area contributed by atoms with E-state index in [4.69, 9.17) is 0 Å². The number of anilines is 1. The van der Waals surface area contributed by atoms with E-state index in [-0.39, 0.29) is 11.7 Å². The number of nitrogens with one attached hydrogen (secondary N) is 1. The van der Waals surface area contributed by atoms with Crippen LogP contribution in [-0.2, 0) is 6.54 Å². The summed E-state index contributed by atoms with van der Waals surface area (Å²) in [5.41, 5.74) is 1.97. The number of hydrogen-bond donors (Lipinski definition) is 1. The monoisotopic (exact) mass is 365 g/mol. The third-order valence-corrected chi connectivity index (χ3v) is 4.13. The molecule has 3 aromatic rings. The van der Waals surface area contributed by atoms with E-state index in [1.54, 1.807) is 24.5 Å². The lowest BCUT2D eigenvalue weighted by molar-refractivity contribution is 0.0950. The third kappa shape index (κ3) is 4.44. The van der Waals surface area contributed by atoms with Gasteiger partial charge in [0.25, 0.3) is 5.91 Å². The lowest BCUT2D eigenvalue weighted by Gasteiger charge is -2.19. The van der Waals surface area contributed by atoms with Crippen molar-refractivity contribution in [3.05, 3.63) is 71.9 Å². The maximum absolute atomic E-state index is 13.2. The topological polar surface area (TPSA) is 71.0 Å². The molecule has 1 N–H and O–H groups in total. The Morgan fingerprint density at radius 1 is 1.19 bits per heavy atom. The second-order valence-electron chi connectivity index (χ2n) is 6.00. The van der Waals surface area contributed by atoms with Crippen LogP contribution in [0.1, 0.15) is 22.8 Å². The minimum Gasteiger partial charge on any atom is -0.359 e. The number of amides is 1. The number of aromatic nitrogens is 3. The third-order valence-electron chi connectivity index (χ3n) is 4.13. The fourth-order valence-corrected chi connectivity index (χ4v) is 2.49. The van der Waals surface area contributed by atoms with Crippen molar-refractivity contribution in [3.63, 3.8) is 0 Å². The van der Waals surface area contributed by atoms with E-state index in [1.165, 1.54) is 18.3 Å². The van der Waals surface area contributed by atoms with Crippen molar-refractivity contribution < 1.29 is 9.18 Å². The van der Waals surface area contributed by atoms with Crippen molar-refractivity contribution in [1.82, 2.24) is 20.3 Å². The summed E-state index contributed by atoms with van der Waals surface area (Å²) >= 11 is 0. The van der Waals surface area contributed by atoms with E-state index in [1.807, 2.05) is 31.0 Å². The Balaban J connectivity index is 1.87. The van der Waals surface area contributed by atoms with E-state index in [0.29, 0.717) is 35.9 Å². The summed E-state index contributed by atoms with van der Waals surface area (Å²) in [6.45, 7) is 3.00. The summed E-state index contributed by atoms with van der Waals surface area (Å²) in [7, 11) is 1.86. The van der Waals surface area contributed by atoms with Crippen molar-refractivity contribution >= 4 is 11.7 Å². The Hall–Kier alpha value is -3.35. The first kappa shape index (κ1) is 18.4. The summed E-state index contributed by atoms with van der Waals surface area (Å²) in [5, 5.41) is 2.87. The Bertz CT molecular complexity index is 915. The molecule has 0 aliphatic carbocycles. The predicted molar refractivity (Wildman–Crippen MR) is 102 cm³/mol. The first-order chi connectivity index (χ1) is 13.1. The molecule has 0 spiro atoms.